The van der Waals surface area contributed by atoms with Gasteiger partial charge in [-0.25, -0.2) is 9.13 Å². The van der Waals surface area contributed by atoms with Crippen molar-refractivity contribution in [2.75, 3.05) is 39.6 Å². The Hall–Kier alpha value is -5.09. The molecule has 109 heavy (non-hydrogen) atoms. The van der Waals surface area contributed by atoms with E-state index >= 15 is 0 Å². The van der Waals surface area contributed by atoms with Crippen molar-refractivity contribution in [3.63, 3.8) is 0 Å². The molecule has 0 heterocycles. The number of esters is 3. The van der Waals surface area contributed by atoms with Gasteiger partial charge in [0.15, 0.2) is 6.10 Å². The molecule has 0 rings (SSSR count). The fourth-order valence-corrected chi connectivity index (χ4v) is 12.7. The molecule has 0 saturated carbocycles. The topological polar surface area (TPSA) is 231 Å². The van der Waals surface area contributed by atoms with Crippen LogP contribution in [0.25, 0.3) is 0 Å². The number of phosphoric ester groups is 2. The van der Waals surface area contributed by atoms with Gasteiger partial charge in [0.25, 0.3) is 0 Å². The number of hydrogen-bond acceptors (Lipinski definition) is 14. The summed E-state index contributed by atoms with van der Waals surface area (Å²) < 4.78 is 61.3. The minimum Gasteiger partial charge on any atom is -0.463 e. The zero-order valence-corrected chi connectivity index (χ0v) is 70.0. The normalized spacial score (nSPS) is 14.7. The van der Waals surface area contributed by atoms with Gasteiger partial charge in [0.1, 0.15) is 25.4 Å². The lowest BCUT2D eigenvalue weighted by Gasteiger charge is -2.21. The van der Waals surface area contributed by atoms with E-state index in [4.69, 9.17) is 32.3 Å². The number of allylic oxidation sites excluding steroid dienone is 28. The number of rotatable bonds is 79. The van der Waals surface area contributed by atoms with Gasteiger partial charge in [0.05, 0.1) is 26.4 Å². The van der Waals surface area contributed by atoms with Crippen molar-refractivity contribution >= 4 is 33.6 Å². The lowest BCUT2D eigenvalue weighted by molar-refractivity contribution is -0.161. The molecule has 0 radical (unpaired) electrons. The van der Waals surface area contributed by atoms with Gasteiger partial charge < -0.3 is 34.2 Å². The van der Waals surface area contributed by atoms with Crippen molar-refractivity contribution in [2.45, 2.75) is 347 Å². The molecule has 0 spiro atoms. The molecule has 0 saturated heterocycles. The first-order valence-electron chi connectivity index (χ1n) is 42.4. The molecule has 18 heteroatoms. The van der Waals surface area contributed by atoms with Gasteiger partial charge in [-0.3, -0.25) is 32.5 Å². The molecule has 0 amide bonds. The van der Waals surface area contributed by atoms with Gasteiger partial charge in [-0.05, 0) is 148 Å². The van der Waals surface area contributed by atoms with Crippen LogP contribution in [0.2, 0.25) is 0 Å². The maximum absolute atomic E-state index is 13.0. The highest BCUT2D eigenvalue weighted by molar-refractivity contribution is 7.47. The van der Waals surface area contributed by atoms with E-state index in [1.54, 1.807) is 0 Å². The highest BCUT2D eigenvalue weighted by Gasteiger charge is 2.29. The van der Waals surface area contributed by atoms with Crippen molar-refractivity contribution < 1.29 is 75.8 Å². The zero-order valence-electron chi connectivity index (χ0n) is 68.2. The fraction of sp³-hybridized carbons (Fsp3) is 0.659. The van der Waals surface area contributed by atoms with Gasteiger partial charge in [0, 0.05) is 19.3 Å². The molecule has 4 N–H and O–H groups in total. The molecule has 0 aromatic rings. The second kappa shape index (κ2) is 82.4. The minimum absolute atomic E-state index is 0.0784. The third kappa shape index (κ3) is 83.7. The molecule has 16 nitrogen and oxygen atoms in total. The largest absolute Gasteiger partial charge is 0.472 e. The van der Waals surface area contributed by atoms with Crippen molar-refractivity contribution in [2.24, 2.45) is 0 Å². The first kappa shape index (κ1) is 104. The average Bonchev–Trinajstić information content (AvgIpc) is 0.904. The molecule has 0 aliphatic rings. The van der Waals surface area contributed by atoms with Crippen LogP contribution in [0.5, 0.6) is 0 Å². The van der Waals surface area contributed by atoms with E-state index in [9.17, 15) is 43.5 Å². The van der Waals surface area contributed by atoms with Gasteiger partial charge >= 0.3 is 33.6 Å². The molecular weight excluding hydrogens is 1410 g/mol. The molecule has 622 valence electrons. The van der Waals surface area contributed by atoms with Crippen LogP contribution in [-0.4, -0.2) is 95.9 Å². The summed E-state index contributed by atoms with van der Waals surface area (Å²) in [5, 5.41) is 20.7. The summed E-state index contributed by atoms with van der Waals surface area (Å²) in [6.45, 7) is 2.32. The average molecular weight is 1560 g/mol. The maximum atomic E-state index is 13.0. The van der Waals surface area contributed by atoms with Gasteiger partial charge in [-0.1, -0.05) is 332 Å². The molecule has 0 bridgehead atoms. The minimum atomic E-state index is -4.95. The van der Waals surface area contributed by atoms with Crippen molar-refractivity contribution in [1.82, 2.24) is 0 Å². The van der Waals surface area contributed by atoms with E-state index < -0.39 is 91.5 Å². The molecular formula is C91H152O16P2. The Bertz CT molecular complexity index is 2660. The highest BCUT2D eigenvalue weighted by Crippen LogP contribution is 2.45. The lowest BCUT2D eigenvalue weighted by atomic mass is 10.0. The Labute approximate surface area is 662 Å². The number of carbonyl (C=O) groups is 3. The molecule has 5 unspecified atom stereocenters. The van der Waals surface area contributed by atoms with E-state index in [2.05, 4.69) is 191 Å². The predicted octanol–water partition coefficient (Wildman–Crippen LogP) is 25.5. The quantitative estimate of drug-likeness (QED) is 0.0146. The van der Waals surface area contributed by atoms with E-state index in [1.165, 1.54) is 83.5 Å². The van der Waals surface area contributed by atoms with Crippen LogP contribution >= 0.6 is 15.6 Å². The Morgan fingerprint density at radius 3 is 0.725 bits per heavy atom. The number of aliphatic hydroxyl groups excluding tert-OH is 2. The van der Waals surface area contributed by atoms with Crippen molar-refractivity contribution in [3.8, 4) is 0 Å². The zero-order chi connectivity index (χ0) is 79.4. The van der Waals surface area contributed by atoms with Crippen LogP contribution in [0.3, 0.4) is 0 Å². The molecule has 0 aromatic carbocycles. The first-order valence-corrected chi connectivity index (χ1v) is 45.4. The number of phosphoric acid groups is 2. The SMILES string of the molecule is CC/C=C\C/C=C\C/C=C\C/C=C\C/C=C\C/C=C\CCCCCCCCCCC(=O)OCC(COP(=O)(O)OCC(O)COP(=O)(O)OCC(O)COC(=O)CCCCCCCCCCCCCCCCC/C=C\C/C=C\C/C=C\C/C=C\C/C=C\CC)OC(=O)CCCCCCC/C=C\C/C=C\C/C=C\CC. The van der Waals surface area contributed by atoms with E-state index in [-0.39, 0.29) is 19.3 Å². The van der Waals surface area contributed by atoms with Crippen molar-refractivity contribution in [1.29, 1.82) is 0 Å². The summed E-state index contributed by atoms with van der Waals surface area (Å²) in [6.07, 6.45) is 105. The second-order valence-electron chi connectivity index (χ2n) is 27.8. The van der Waals surface area contributed by atoms with E-state index in [0.29, 0.717) is 19.3 Å². The van der Waals surface area contributed by atoms with Crippen LogP contribution in [0, 0.1) is 0 Å². The molecule has 0 aliphatic carbocycles. The van der Waals surface area contributed by atoms with Crippen LogP contribution in [0.4, 0.5) is 0 Å². The molecule has 5 atom stereocenters. The van der Waals surface area contributed by atoms with Crippen molar-refractivity contribution in [3.05, 3.63) is 170 Å². The number of hydrogen-bond donors (Lipinski definition) is 4. The Kier molecular flexibility index (Phi) is 78.5. The summed E-state index contributed by atoms with van der Waals surface area (Å²) in [5.41, 5.74) is 0. The second-order valence-corrected chi connectivity index (χ2v) is 30.7. The third-order valence-corrected chi connectivity index (χ3v) is 19.3. The van der Waals surface area contributed by atoms with Gasteiger partial charge in [-0.2, -0.15) is 0 Å². The van der Waals surface area contributed by atoms with Crippen LogP contribution in [0.1, 0.15) is 329 Å². The monoisotopic (exact) mass is 1560 g/mol. The molecule has 0 aromatic heterocycles. The summed E-state index contributed by atoms with van der Waals surface area (Å²) in [7, 11) is -9.81. The predicted molar refractivity (Wildman–Crippen MR) is 454 cm³/mol. The number of unbranched alkanes of at least 4 members (excludes halogenated alkanes) is 28. The summed E-state index contributed by atoms with van der Waals surface area (Å²) in [5.74, 6) is -1.61. The summed E-state index contributed by atoms with van der Waals surface area (Å²) >= 11 is 0. The fourth-order valence-electron chi connectivity index (χ4n) is 11.1. The Balaban J connectivity index is 4.52. The summed E-state index contributed by atoms with van der Waals surface area (Å²) in [6, 6.07) is 0. The van der Waals surface area contributed by atoms with Crippen LogP contribution in [0.15, 0.2) is 170 Å². The lowest BCUT2D eigenvalue weighted by Crippen LogP contribution is -2.30. The smallest absolute Gasteiger partial charge is 0.463 e. The van der Waals surface area contributed by atoms with Crippen LogP contribution < -0.4 is 0 Å². The number of aliphatic hydroxyl groups is 2. The summed E-state index contributed by atoms with van der Waals surface area (Å²) in [4.78, 5) is 58.8. The Morgan fingerprint density at radius 1 is 0.257 bits per heavy atom. The molecule has 0 aliphatic heterocycles. The maximum Gasteiger partial charge on any atom is 0.472 e. The Morgan fingerprint density at radius 2 is 0.459 bits per heavy atom. The van der Waals surface area contributed by atoms with Gasteiger partial charge in [-0.15, -0.1) is 0 Å². The van der Waals surface area contributed by atoms with Crippen LogP contribution in [-0.2, 0) is 55.8 Å². The standard InChI is InChI=1S/C91H152O16P2/c1-4-7-10-13-16-19-22-25-28-30-32-34-36-38-40-41-42-43-45-47-48-50-52-54-57-59-62-65-68-71-74-77-89(94)101-80-86(92)81-103-108(97,98)104-82-87(93)83-105-109(99,100)106-85-88(107-91(96)79-76-73-70-67-64-61-56-27-24-21-18-15-12-9-6-3)84-102-90(95)78-75-72-69-66-63-60-58-55-53-51-49-46-44-39-37-35-33-31-29-26-23-20-17-14-11-8-5-2/h7-12,16-21,25-29,32-35,38-40,44,49,51,56,86-88,92-93H,4-6,13-15,22-24,30-31,36-37,41-43,45-48,50,52-55,57-85H2,1-3H3,(H,97,98)(H,99,100)/b10-7-,11-8-,12-9-,19-16-,20-17-,21-18-,28-25-,29-26-,34-32-,35-33-,40-38-,44-39-,51-49-,56-27-. The third-order valence-electron chi connectivity index (χ3n) is 17.4. The van der Waals surface area contributed by atoms with E-state index in [0.717, 1.165) is 186 Å². The highest BCUT2D eigenvalue weighted by atomic mass is 31.2. The van der Waals surface area contributed by atoms with Gasteiger partial charge in [0.2, 0.25) is 0 Å². The molecule has 0 fully saturated rings. The first-order chi connectivity index (χ1) is 53.2. The number of carbonyl (C=O) groups excluding carboxylic acids is 3. The number of ether oxygens (including phenoxy) is 3. The van der Waals surface area contributed by atoms with E-state index in [1.807, 2.05) is 0 Å².